The summed E-state index contributed by atoms with van der Waals surface area (Å²) in [5.41, 5.74) is 0.836. The predicted molar refractivity (Wildman–Crippen MR) is 90.6 cm³/mol. The van der Waals surface area contributed by atoms with Crippen molar-refractivity contribution in [2.75, 3.05) is 20.3 Å². The third-order valence-electron chi connectivity index (χ3n) is 3.63. The SMILES string of the molecule is COCC(NC(=O)NCCC(O)c1ccccc1)c1ccc(C)o1. The lowest BCUT2D eigenvalue weighted by Crippen LogP contribution is -2.40. The molecule has 1 heterocycles. The van der Waals surface area contributed by atoms with E-state index in [9.17, 15) is 9.90 Å². The molecule has 130 valence electrons. The molecular weight excluding hydrogens is 308 g/mol. The smallest absolute Gasteiger partial charge is 0.315 e. The molecule has 0 aliphatic carbocycles. The Bertz CT molecular complexity index is 627. The molecule has 0 fully saturated rings. The predicted octanol–water partition coefficient (Wildman–Crippen LogP) is 2.70. The van der Waals surface area contributed by atoms with Crippen molar-refractivity contribution in [3.63, 3.8) is 0 Å². The summed E-state index contributed by atoms with van der Waals surface area (Å²) in [4.78, 5) is 12.0. The molecule has 2 atom stereocenters. The van der Waals surface area contributed by atoms with Crippen molar-refractivity contribution in [2.45, 2.75) is 25.5 Å². The molecule has 0 spiro atoms. The highest BCUT2D eigenvalue weighted by molar-refractivity contribution is 5.74. The summed E-state index contributed by atoms with van der Waals surface area (Å²) in [6.07, 6.45) is -0.166. The summed E-state index contributed by atoms with van der Waals surface area (Å²) in [5, 5.41) is 15.6. The number of benzene rings is 1. The highest BCUT2D eigenvalue weighted by Gasteiger charge is 2.18. The number of hydrogen-bond donors (Lipinski definition) is 3. The van der Waals surface area contributed by atoms with Gasteiger partial charge in [-0.1, -0.05) is 30.3 Å². The van der Waals surface area contributed by atoms with E-state index in [1.54, 1.807) is 7.11 Å². The molecule has 1 aromatic carbocycles. The Kier molecular flexibility index (Phi) is 6.84. The van der Waals surface area contributed by atoms with E-state index in [2.05, 4.69) is 10.6 Å². The summed E-state index contributed by atoms with van der Waals surface area (Å²) in [6, 6.07) is 12.3. The van der Waals surface area contributed by atoms with Gasteiger partial charge in [0.1, 0.15) is 17.6 Å². The number of carbonyl (C=O) groups excluding carboxylic acids is 1. The molecule has 2 aromatic rings. The lowest BCUT2D eigenvalue weighted by atomic mass is 10.1. The van der Waals surface area contributed by atoms with E-state index in [1.807, 2.05) is 49.4 Å². The quantitative estimate of drug-likeness (QED) is 0.694. The summed E-state index contributed by atoms with van der Waals surface area (Å²) >= 11 is 0. The maximum atomic E-state index is 12.0. The molecule has 3 N–H and O–H groups in total. The molecule has 6 nitrogen and oxygen atoms in total. The first kappa shape index (κ1) is 18.0. The number of furan rings is 1. The van der Waals surface area contributed by atoms with E-state index < -0.39 is 6.10 Å². The Morgan fingerprint density at radius 2 is 2.00 bits per heavy atom. The van der Waals surface area contributed by atoms with Gasteiger partial charge in [0.25, 0.3) is 0 Å². The van der Waals surface area contributed by atoms with Gasteiger partial charge in [0, 0.05) is 13.7 Å². The highest BCUT2D eigenvalue weighted by atomic mass is 16.5. The summed E-state index contributed by atoms with van der Waals surface area (Å²) in [7, 11) is 1.57. The highest BCUT2D eigenvalue weighted by Crippen LogP contribution is 2.17. The zero-order chi connectivity index (χ0) is 17.4. The monoisotopic (exact) mass is 332 g/mol. The number of aliphatic hydroxyl groups is 1. The number of methoxy groups -OCH3 is 1. The molecule has 2 unspecified atom stereocenters. The van der Waals surface area contributed by atoms with Gasteiger partial charge in [0.05, 0.1) is 12.7 Å². The molecule has 2 amide bonds. The fourth-order valence-corrected chi connectivity index (χ4v) is 2.38. The first-order valence-electron chi connectivity index (χ1n) is 7.92. The number of aryl methyl sites for hydroxylation is 1. The summed E-state index contributed by atoms with van der Waals surface area (Å²) in [5.74, 6) is 1.42. The average molecular weight is 332 g/mol. The van der Waals surface area contributed by atoms with Crippen LogP contribution in [0.15, 0.2) is 46.9 Å². The molecule has 6 heteroatoms. The van der Waals surface area contributed by atoms with Crippen molar-refractivity contribution < 1.29 is 19.1 Å². The van der Waals surface area contributed by atoms with Crippen LogP contribution in [-0.2, 0) is 4.74 Å². The van der Waals surface area contributed by atoms with Gasteiger partial charge >= 0.3 is 6.03 Å². The van der Waals surface area contributed by atoms with Gasteiger partial charge in [-0.15, -0.1) is 0 Å². The van der Waals surface area contributed by atoms with E-state index in [0.29, 0.717) is 25.3 Å². The Morgan fingerprint density at radius 1 is 1.25 bits per heavy atom. The summed E-state index contributed by atoms with van der Waals surface area (Å²) < 4.78 is 10.7. The molecule has 0 radical (unpaired) electrons. The fraction of sp³-hybridized carbons (Fsp3) is 0.389. The first-order valence-corrected chi connectivity index (χ1v) is 7.92. The van der Waals surface area contributed by atoms with Gasteiger partial charge in [0.2, 0.25) is 0 Å². The van der Waals surface area contributed by atoms with Crippen LogP contribution in [0.25, 0.3) is 0 Å². The Hall–Kier alpha value is -2.31. The normalized spacial score (nSPS) is 13.3. The minimum absolute atomic E-state index is 0.313. The standard InChI is InChI=1S/C18H24N2O4/c1-13-8-9-17(24-13)15(12-23-2)20-18(22)19-11-10-16(21)14-6-4-3-5-7-14/h3-9,15-16,21H,10-12H2,1-2H3,(H2,19,20,22). The van der Waals surface area contributed by atoms with Crippen LogP contribution in [0, 0.1) is 6.92 Å². The van der Waals surface area contributed by atoms with E-state index in [4.69, 9.17) is 9.15 Å². The number of aliphatic hydroxyl groups excluding tert-OH is 1. The molecule has 0 saturated heterocycles. The zero-order valence-corrected chi connectivity index (χ0v) is 14.0. The molecule has 0 bridgehead atoms. The van der Waals surface area contributed by atoms with Gasteiger partial charge in [-0.3, -0.25) is 0 Å². The van der Waals surface area contributed by atoms with Crippen molar-refractivity contribution >= 4 is 6.03 Å². The van der Waals surface area contributed by atoms with E-state index in [1.165, 1.54) is 0 Å². The van der Waals surface area contributed by atoms with Crippen LogP contribution < -0.4 is 10.6 Å². The molecule has 2 rings (SSSR count). The lowest BCUT2D eigenvalue weighted by Gasteiger charge is -2.17. The molecule has 24 heavy (non-hydrogen) atoms. The molecule has 0 saturated carbocycles. The molecule has 0 aliphatic heterocycles. The van der Waals surface area contributed by atoms with Gasteiger partial charge in [0.15, 0.2) is 0 Å². The van der Waals surface area contributed by atoms with Crippen LogP contribution in [-0.4, -0.2) is 31.4 Å². The van der Waals surface area contributed by atoms with Crippen LogP contribution in [0.5, 0.6) is 0 Å². The number of rotatable bonds is 8. The number of carbonyl (C=O) groups is 1. The topological polar surface area (TPSA) is 83.7 Å². The largest absolute Gasteiger partial charge is 0.464 e. The second kappa shape index (κ2) is 9.10. The van der Waals surface area contributed by atoms with Crippen molar-refractivity contribution in [3.05, 3.63) is 59.5 Å². The maximum Gasteiger partial charge on any atom is 0.315 e. The fourth-order valence-electron chi connectivity index (χ4n) is 2.38. The van der Waals surface area contributed by atoms with Crippen LogP contribution in [0.3, 0.4) is 0 Å². The number of nitrogens with one attached hydrogen (secondary N) is 2. The second-order valence-corrected chi connectivity index (χ2v) is 5.57. The van der Waals surface area contributed by atoms with Crippen LogP contribution >= 0.6 is 0 Å². The third-order valence-corrected chi connectivity index (χ3v) is 3.63. The zero-order valence-electron chi connectivity index (χ0n) is 14.0. The minimum Gasteiger partial charge on any atom is -0.464 e. The van der Waals surface area contributed by atoms with Crippen molar-refractivity contribution in [1.82, 2.24) is 10.6 Å². The number of urea groups is 1. The van der Waals surface area contributed by atoms with Crippen LogP contribution in [0.1, 0.15) is 35.7 Å². The van der Waals surface area contributed by atoms with Gasteiger partial charge in [-0.05, 0) is 31.0 Å². The van der Waals surface area contributed by atoms with Crippen LogP contribution in [0.4, 0.5) is 4.79 Å². The molecular formula is C18H24N2O4. The third kappa shape index (κ3) is 5.40. The van der Waals surface area contributed by atoms with Crippen LogP contribution in [0.2, 0.25) is 0 Å². The van der Waals surface area contributed by atoms with E-state index in [-0.39, 0.29) is 12.1 Å². The Balaban J connectivity index is 1.79. The van der Waals surface area contributed by atoms with Gasteiger partial charge < -0.3 is 24.9 Å². The van der Waals surface area contributed by atoms with Crippen molar-refractivity contribution in [1.29, 1.82) is 0 Å². The van der Waals surface area contributed by atoms with E-state index >= 15 is 0 Å². The maximum absolute atomic E-state index is 12.0. The molecule has 1 aromatic heterocycles. The van der Waals surface area contributed by atoms with Gasteiger partial charge in [-0.25, -0.2) is 4.79 Å². The van der Waals surface area contributed by atoms with E-state index in [0.717, 1.165) is 11.3 Å². The molecule has 0 aliphatic rings. The second-order valence-electron chi connectivity index (χ2n) is 5.57. The number of hydrogen-bond acceptors (Lipinski definition) is 4. The lowest BCUT2D eigenvalue weighted by molar-refractivity contribution is 0.154. The van der Waals surface area contributed by atoms with Crippen molar-refractivity contribution in [2.24, 2.45) is 0 Å². The average Bonchev–Trinajstić information content (AvgIpc) is 3.01. The first-order chi connectivity index (χ1) is 11.6. The minimum atomic E-state index is -0.603. The Morgan fingerprint density at radius 3 is 2.62 bits per heavy atom. The van der Waals surface area contributed by atoms with Crippen molar-refractivity contribution in [3.8, 4) is 0 Å². The number of amides is 2. The number of ether oxygens (including phenoxy) is 1. The van der Waals surface area contributed by atoms with Gasteiger partial charge in [-0.2, -0.15) is 0 Å². The Labute approximate surface area is 141 Å². The summed E-state index contributed by atoms with van der Waals surface area (Å²) in [6.45, 7) is 2.52.